The van der Waals surface area contributed by atoms with Crippen LogP contribution < -0.4 is 0 Å². The lowest BCUT2D eigenvalue weighted by Crippen LogP contribution is -2.39. The van der Waals surface area contributed by atoms with Crippen LogP contribution in [0.25, 0.3) is 0 Å². The van der Waals surface area contributed by atoms with Gasteiger partial charge in [0.05, 0.1) is 0 Å². The van der Waals surface area contributed by atoms with Crippen LogP contribution in [0.5, 0.6) is 0 Å². The van der Waals surface area contributed by atoms with E-state index >= 15 is 0 Å². The molecule has 0 bridgehead atoms. The van der Waals surface area contributed by atoms with Crippen LogP contribution in [0.15, 0.2) is 24.3 Å². The molecule has 104 valence electrons. The minimum absolute atomic E-state index is 0.0824. The van der Waals surface area contributed by atoms with E-state index in [2.05, 4.69) is 31.0 Å². The first-order chi connectivity index (χ1) is 9.69. The van der Waals surface area contributed by atoms with Crippen LogP contribution >= 0.6 is 0 Å². The predicted octanol–water partition coefficient (Wildman–Crippen LogP) is 3.83. The van der Waals surface area contributed by atoms with Gasteiger partial charge in [-0.3, -0.25) is 4.79 Å². The van der Waals surface area contributed by atoms with Gasteiger partial charge in [0, 0.05) is 5.41 Å². The molecule has 1 fully saturated rings. The van der Waals surface area contributed by atoms with Crippen LogP contribution in [0.3, 0.4) is 0 Å². The van der Waals surface area contributed by atoms with E-state index in [9.17, 15) is 4.79 Å². The average molecular weight is 268 g/mol. The molecule has 2 aliphatic rings. The van der Waals surface area contributed by atoms with Crippen molar-refractivity contribution in [2.75, 3.05) is 0 Å². The summed E-state index contributed by atoms with van der Waals surface area (Å²) in [6.07, 6.45) is 9.96. The van der Waals surface area contributed by atoms with Crippen molar-refractivity contribution in [1.82, 2.24) is 0 Å². The average Bonchev–Trinajstić information content (AvgIpc) is 2.49. The van der Waals surface area contributed by atoms with Crippen molar-refractivity contribution in [2.24, 2.45) is 11.3 Å². The van der Waals surface area contributed by atoms with Gasteiger partial charge in [0.25, 0.3) is 6.47 Å². The molecule has 1 aromatic rings. The Kier molecular flexibility index (Phi) is 3.30. The first-order valence-corrected chi connectivity index (χ1v) is 7.35. The minimum Gasteiger partial charge on any atom is -0.460 e. The molecule has 3 rings (SSSR count). The number of carbonyl (C=O) groups excluding carboxylic acids is 1. The van der Waals surface area contributed by atoms with Gasteiger partial charge >= 0.3 is 0 Å². The van der Waals surface area contributed by atoms with Crippen molar-refractivity contribution in [3.63, 3.8) is 0 Å². The van der Waals surface area contributed by atoms with Gasteiger partial charge in [0.15, 0.2) is 0 Å². The minimum atomic E-state index is -0.143. The number of terminal acetylenes is 1. The third-order valence-corrected chi connectivity index (χ3v) is 5.28. The van der Waals surface area contributed by atoms with Gasteiger partial charge < -0.3 is 4.74 Å². The van der Waals surface area contributed by atoms with E-state index in [-0.39, 0.29) is 11.5 Å². The molecule has 4 atom stereocenters. The highest BCUT2D eigenvalue weighted by Gasteiger charge is 2.46. The summed E-state index contributed by atoms with van der Waals surface area (Å²) in [6.45, 7) is 2.76. The number of hydrogen-bond donors (Lipinski definition) is 0. The maximum atomic E-state index is 10.8. The molecule has 2 heteroatoms. The fourth-order valence-corrected chi connectivity index (χ4v) is 4.19. The van der Waals surface area contributed by atoms with Crippen molar-refractivity contribution >= 4 is 6.47 Å². The first-order valence-electron chi connectivity index (χ1n) is 7.35. The maximum Gasteiger partial charge on any atom is 0.293 e. The molecule has 0 unspecified atom stereocenters. The molecule has 20 heavy (non-hydrogen) atoms. The fraction of sp³-hybridized carbons (Fsp3) is 0.500. The number of fused-ring (bicyclic) bond motifs is 3. The van der Waals surface area contributed by atoms with E-state index in [1.165, 1.54) is 24.0 Å². The SMILES string of the molecule is C#C[C@]1(C)CCC[C@@H]2c3ccccc3[C@H](OC=O)C[C@@H]21. The fourth-order valence-electron chi connectivity index (χ4n) is 4.19. The lowest BCUT2D eigenvalue weighted by atomic mass is 9.56. The molecule has 0 N–H and O–H groups in total. The lowest BCUT2D eigenvalue weighted by molar-refractivity contribution is -0.136. The molecule has 2 nitrogen and oxygen atoms in total. The summed E-state index contributed by atoms with van der Waals surface area (Å²) < 4.78 is 5.35. The van der Waals surface area contributed by atoms with Gasteiger partial charge in [0.1, 0.15) is 6.10 Å². The highest BCUT2D eigenvalue weighted by atomic mass is 16.5. The summed E-state index contributed by atoms with van der Waals surface area (Å²) in [4.78, 5) is 10.8. The Morgan fingerprint density at radius 2 is 2.15 bits per heavy atom. The van der Waals surface area contributed by atoms with Crippen LogP contribution in [0.2, 0.25) is 0 Å². The quantitative estimate of drug-likeness (QED) is 0.602. The van der Waals surface area contributed by atoms with Crippen molar-refractivity contribution in [2.45, 2.75) is 44.6 Å². The summed E-state index contributed by atoms with van der Waals surface area (Å²) in [5, 5.41) is 0. The molecule has 0 aliphatic heterocycles. The largest absolute Gasteiger partial charge is 0.460 e. The molecule has 2 aliphatic carbocycles. The van der Waals surface area contributed by atoms with Gasteiger partial charge in [-0.05, 0) is 49.1 Å². The van der Waals surface area contributed by atoms with E-state index in [0.29, 0.717) is 18.3 Å². The van der Waals surface area contributed by atoms with Crippen LogP contribution in [0.1, 0.15) is 55.8 Å². The number of benzene rings is 1. The van der Waals surface area contributed by atoms with Crippen LogP contribution in [0, 0.1) is 23.7 Å². The zero-order valence-electron chi connectivity index (χ0n) is 11.8. The second-order valence-corrected chi connectivity index (χ2v) is 6.25. The molecular weight excluding hydrogens is 248 g/mol. The highest BCUT2D eigenvalue weighted by molar-refractivity contribution is 5.42. The van der Waals surface area contributed by atoms with E-state index in [4.69, 9.17) is 11.2 Å². The molecule has 1 saturated carbocycles. The van der Waals surface area contributed by atoms with Crippen LogP contribution in [0.4, 0.5) is 0 Å². The number of ether oxygens (including phenoxy) is 1. The zero-order chi connectivity index (χ0) is 14.2. The van der Waals surface area contributed by atoms with Crippen molar-refractivity contribution in [3.8, 4) is 12.3 Å². The Labute approximate surface area is 120 Å². The van der Waals surface area contributed by atoms with E-state index in [0.717, 1.165) is 12.8 Å². The molecule has 0 amide bonds. The van der Waals surface area contributed by atoms with E-state index in [1.54, 1.807) is 0 Å². The van der Waals surface area contributed by atoms with Gasteiger partial charge in [-0.2, -0.15) is 0 Å². The Hall–Kier alpha value is -1.75. The van der Waals surface area contributed by atoms with Gasteiger partial charge in [0.2, 0.25) is 0 Å². The third kappa shape index (κ3) is 1.93. The highest BCUT2D eigenvalue weighted by Crippen LogP contribution is 2.56. The van der Waals surface area contributed by atoms with Gasteiger partial charge in [-0.25, -0.2) is 0 Å². The Balaban J connectivity index is 2.06. The molecule has 0 aromatic heterocycles. The van der Waals surface area contributed by atoms with Crippen LogP contribution in [-0.4, -0.2) is 6.47 Å². The van der Waals surface area contributed by atoms with E-state index in [1.807, 2.05) is 6.07 Å². The number of hydrogen-bond acceptors (Lipinski definition) is 2. The summed E-state index contributed by atoms with van der Waals surface area (Å²) in [7, 11) is 0. The molecule has 0 spiro atoms. The molecule has 0 heterocycles. The topological polar surface area (TPSA) is 26.3 Å². The van der Waals surface area contributed by atoms with Crippen LogP contribution in [-0.2, 0) is 9.53 Å². The monoisotopic (exact) mass is 268 g/mol. The Morgan fingerprint density at radius 1 is 1.40 bits per heavy atom. The standard InChI is InChI=1S/C18H20O2/c1-3-18(2)10-6-9-14-13-7-4-5-8-15(13)17(20-12-19)11-16(14)18/h1,4-5,7-8,12,14,16-17H,6,9-11H2,2H3/t14-,16+,17-,18-/m1/s1. The Bertz CT molecular complexity index is 557. The van der Waals surface area contributed by atoms with Crippen molar-refractivity contribution in [3.05, 3.63) is 35.4 Å². The van der Waals surface area contributed by atoms with Gasteiger partial charge in [-0.1, -0.05) is 36.6 Å². The molecule has 0 saturated heterocycles. The summed E-state index contributed by atoms with van der Waals surface area (Å²) in [6, 6.07) is 8.35. The summed E-state index contributed by atoms with van der Waals surface area (Å²) in [5.41, 5.74) is 2.42. The third-order valence-electron chi connectivity index (χ3n) is 5.28. The summed E-state index contributed by atoms with van der Waals surface area (Å²) >= 11 is 0. The smallest absolute Gasteiger partial charge is 0.293 e. The normalized spacial score (nSPS) is 35.3. The number of carbonyl (C=O) groups is 1. The predicted molar refractivity (Wildman–Crippen MR) is 78.0 cm³/mol. The first kappa shape index (κ1) is 13.2. The van der Waals surface area contributed by atoms with Crippen molar-refractivity contribution < 1.29 is 9.53 Å². The molecule has 1 aromatic carbocycles. The zero-order valence-corrected chi connectivity index (χ0v) is 11.8. The number of rotatable bonds is 2. The second-order valence-electron chi connectivity index (χ2n) is 6.25. The lowest BCUT2D eigenvalue weighted by Gasteiger charge is -2.48. The van der Waals surface area contributed by atoms with E-state index < -0.39 is 0 Å². The Morgan fingerprint density at radius 3 is 2.85 bits per heavy atom. The molecule has 0 radical (unpaired) electrons. The van der Waals surface area contributed by atoms with Gasteiger partial charge in [-0.15, -0.1) is 6.42 Å². The van der Waals surface area contributed by atoms with Crippen molar-refractivity contribution in [1.29, 1.82) is 0 Å². The molecular formula is C18H20O2. The second kappa shape index (κ2) is 4.98. The maximum absolute atomic E-state index is 10.8. The summed E-state index contributed by atoms with van der Waals surface area (Å²) in [5.74, 6) is 3.94.